The molecule has 0 saturated heterocycles. The Balaban J connectivity index is 1.96. The summed E-state index contributed by atoms with van der Waals surface area (Å²) in [5.41, 5.74) is 3.28. The normalized spacial score (nSPS) is 10.8. The van der Waals surface area contributed by atoms with Gasteiger partial charge in [-0.15, -0.1) is 0 Å². The standard InChI is InChI=1S/C20H26ClNO4/c1-15-5-3-4-6-17(15)14-26-20-18(21)11-16(12-19(20)24-2)13-22-7-9-25-10-8-23/h3-6,11-12,22-23H,7-10,13-14H2,1-2H3. The average Bonchev–Trinajstić information content (AvgIpc) is 2.64. The molecule has 0 saturated carbocycles. The maximum absolute atomic E-state index is 8.66. The summed E-state index contributed by atoms with van der Waals surface area (Å²) in [6.45, 7) is 4.75. The zero-order valence-electron chi connectivity index (χ0n) is 15.3. The fourth-order valence-electron chi connectivity index (χ4n) is 2.48. The third-order valence-electron chi connectivity index (χ3n) is 3.91. The summed E-state index contributed by atoms with van der Waals surface area (Å²) in [7, 11) is 1.60. The van der Waals surface area contributed by atoms with Crippen LogP contribution in [0.25, 0.3) is 0 Å². The summed E-state index contributed by atoms with van der Waals surface area (Å²) in [6, 6.07) is 11.9. The van der Waals surface area contributed by atoms with Crippen LogP contribution in [0.4, 0.5) is 0 Å². The van der Waals surface area contributed by atoms with Crippen molar-refractivity contribution >= 4 is 11.6 Å². The Kier molecular flexibility index (Phi) is 8.71. The van der Waals surface area contributed by atoms with Crippen molar-refractivity contribution in [1.82, 2.24) is 5.32 Å². The van der Waals surface area contributed by atoms with Crippen LogP contribution in [0, 0.1) is 6.92 Å². The molecule has 0 bridgehead atoms. The Morgan fingerprint density at radius 3 is 2.69 bits per heavy atom. The highest BCUT2D eigenvalue weighted by Crippen LogP contribution is 2.37. The number of methoxy groups -OCH3 is 1. The average molecular weight is 380 g/mol. The van der Waals surface area contributed by atoms with E-state index in [1.165, 1.54) is 5.56 Å². The number of aliphatic hydroxyl groups is 1. The van der Waals surface area contributed by atoms with Gasteiger partial charge in [0.1, 0.15) is 6.61 Å². The van der Waals surface area contributed by atoms with Crippen molar-refractivity contribution < 1.29 is 19.3 Å². The predicted molar refractivity (Wildman–Crippen MR) is 103 cm³/mol. The Bertz CT molecular complexity index is 694. The highest BCUT2D eigenvalue weighted by Gasteiger charge is 2.13. The summed E-state index contributed by atoms with van der Waals surface area (Å²) in [5, 5.41) is 12.4. The molecule has 0 radical (unpaired) electrons. The molecule has 26 heavy (non-hydrogen) atoms. The molecule has 0 aliphatic heterocycles. The first-order valence-electron chi connectivity index (χ1n) is 8.58. The molecule has 0 aliphatic carbocycles. The zero-order chi connectivity index (χ0) is 18.8. The quantitative estimate of drug-likeness (QED) is 0.586. The first-order chi connectivity index (χ1) is 12.7. The molecule has 0 aliphatic rings. The topological polar surface area (TPSA) is 60.0 Å². The molecule has 0 amide bonds. The van der Waals surface area contributed by atoms with Gasteiger partial charge in [-0.25, -0.2) is 0 Å². The van der Waals surface area contributed by atoms with Crippen molar-refractivity contribution in [1.29, 1.82) is 0 Å². The van der Waals surface area contributed by atoms with Crippen LogP contribution < -0.4 is 14.8 Å². The van der Waals surface area contributed by atoms with E-state index < -0.39 is 0 Å². The van der Waals surface area contributed by atoms with Crippen molar-refractivity contribution in [2.45, 2.75) is 20.1 Å². The lowest BCUT2D eigenvalue weighted by atomic mass is 10.1. The van der Waals surface area contributed by atoms with Crippen LogP contribution in [0.2, 0.25) is 5.02 Å². The van der Waals surface area contributed by atoms with Crippen LogP contribution in [0.15, 0.2) is 36.4 Å². The van der Waals surface area contributed by atoms with Gasteiger partial charge in [-0.2, -0.15) is 0 Å². The number of benzene rings is 2. The van der Waals surface area contributed by atoms with Gasteiger partial charge in [-0.1, -0.05) is 35.9 Å². The maximum atomic E-state index is 8.66. The van der Waals surface area contributed by atoms with E-state index in [2.05, 4.69) is 18.3 Å². The summed E-state index contributed by atoms with van der Waals surface area (Å²) < 4.78 is 16.6. The first kappa shape index (κ1) is 20.5. The fraction of sp³-hybridized carbons (Fsp3) is 0.400. The van der Waals surface area contributed by atoms with Gasteiger partial charge in [0.25, 0.3) is 0 Å². The second-order valence-corrected chi connectivity index (χ2v) is 6.24. The molecule has 0 unspecified atom stereocenters. The molecule has 2 N–H and O–H groups in total. The van der Waals surface area contributed by atoms with E-state index in [4.69, 9.17) is 30.9 Å². The number of hydrogen-bond donors (Lipinski definition) is 2. The van der Waals surface area contributed by atoms with Crippen molar-refractivity contribution in [2.75, 3.05) is 33.5 Å². The van der Waals surface area contributed by atoms with Gasteiger partial charge in [-0.05, 0) is 35.7 Å². The van der Waals surface area contributed by atoms with Crippen LogP contribution in [-0.4, -0.2) is 38.6 Å². The third kappa shape index (κ3) is 6.18. The Morgan fingerprint density at radius 1 is 1.15 bits per heavy atom. The summed E-state index contributed by atoms with van der Waals surface area (Å²) in [4.78, 5) is 0. The van der Waals surface area contributed by atoms with Crippen molar-refractivity contribution in [2.24, 2.45) is 0 Å². The monoisotopic (exact) mass is 379 g/mol. The molecule has 2 aromatic rings. The maximum Gasteiger partial charge on any atom is 0.180 e. The second-order valence-electron chi connectivity index (χ2n) is 5.84. The van der Waals surface area contributed by atoms with Gasteiger partial charge in [0.05, 0.1) is 32.0 Å². The molecule has 0 aromatic heterocycles. The molecule has 0 fully saturated rings. The molecule has 142 valence electrons. The minimum absolute atomic E-state index is 0.0385. The minimum atomic E-state index is 0.0385. The molecular weight excluding hydrogens is 354 g/mol. The molecule has 0 heterocycles. The summed E-state index contributed by atoms with van der Waals surface area (Å²) in [6.07, 6.45) is 0. The van der Waals surface area contributed by atoms with E-state index in [1.54, 1.807) is 7.11 Å². The summed E-state index contributed by atoms with van der Waals surface area (Å²) >= 11 is 6.42. The van der Waals surface area contributed by atoms with E-state index in [1.807, 2.05) is 30.3 Å². The Morgan fingerprint density at radius 2 is 1.96 bits per heavy atom. The lowest BCUT2D eigenvalue weighted by Gasteiger charge is -2.15. The summed E-state index contributed by atoms with van der Waals surface area (Å²) in [5.74, 6) is 1.16. The van der Waals surface area contributed by atoms with Crippen molar-refractivity contribution in [3.63, 3.8) is 0 Å². The van der Waals surface area contributed by atoms with Gasteiger partial charge in [0, 0.05) is 13.1 Å². The zero-order valence-corrected chi connectivity index (χ0v) is 16.0. The third-order valence-corrected chi connectivity index (χ3v) is 4.19. The molecule has 6 heteroatoms. The van der Waals surface area contributed by atoms with E-state index in [0.29, 0.717) is 49.4 Å². The number of ether oxygens (including phenoxy) is 3. The minimum Gasteiger partial charge on any atom is -0.493 e. The van der Waals surface area contributed by atoms with Gasteiger partial charge >= 0.3 is 0 Å². The van der Waals surface area contributed by atoms with Crippen LogP contribution in [-0.2, 0) is 17.9 Å². The number of aryl methyl sites for hydroxylation is 1. The van der Waals surface area contributed by atoms with E-state index in [-0.39, 0.29) is 6.61 Å². The van der Waals surface area contributed by atoms with Crippen LogP contribution in [0.3, 0.4) is 0 Å². The fourth-order valence-corrected chi connectivity index (χ4v) is 2.77. The lowest BCUT2D eigenvalue weighted by molar-refractivity contribution is 0.0938. The molecule has 2 aromatic carbocycles. The van der Waals surface area contributed by atoms with E-state index in [0.717, 1.165) is 11.1 Å². The van der Waals surface area contributed by atoms with E-state index >= 15 is 0 Å². The smallest absolute Gasteiger partial charge is 0.180 e. The van der Waals surface area contributed by atoms with Gasteiger partial charge in [0.15, 0.2) is 11.5 Å². The highest BCUT2D eigenvalue weighted by molar-refractivity contribution is 6.32. The van der Waals surface area contributed by atoms with Gasteiger partial charge < -0.3 is 24.6 Å². The van der Waals surface area contributed by atoms with Gasteiger partial charge in [-0.3, -0.25) is 0 Å². The number of nitrogens with one attached hydrogen (secondary N) is 1. The molecule has 2 rings (SSSR count). The number of hydrogen-bond acceptors (Lipinski definition) is 5. The second kappa shape index (κ2) is 11.0. The van der Waals surface area contributed by atoms with E-state index in [9.17, 15) is 0 Å². The first-order valence-corrected chi connectivity index (χ1v) is 8.96. The lowest BCUT2D eigenvalue weighted by Crippen LogP contribution is -2.20. The SMILES string of the molecule is COc1cc(CNCCOCCO)cc(Cl)c1OCc1ccccc1C. The van der Waals surface area contributed by atoms with Crippen molar-refractivity contribution in [3.8, 4) is 11.5 Å². The number of aliphatic hydroxyl groups excluding tert-OH is 1. The highest BCUT2D eigenvalue weighted by atomic mass is 35.5. The Labute approximate surface area is 159 Å². The molecule has 5 nitrogen and oxygen atoms in total. The van der Waals surface area contributed by atoms with Gasteiger partial charge in [0.2, 0.25) is 0 Å². The van der Waals surface area contributed by atoms with Crippen LogP contribution in [0.5, 0.6) is 11.5 Å². The van der Waals surface area contributed by atoms with Crippen LogP contribution in [0.1, 0.15) is 16.7 Å². The van der Waals surface area contributed by atoms with Crippen LogP contribution >= 0.6 is 11.6 Å². The molecule has 0 spiro atoms. The largest absolute Gasteiger partial charge is 0.493 e. The predicted octanol–water partition coefficient (Wildman–Crippen LogP) is 3.33. The molecule has 0 atom stereocenters. The Hall–Kier alpha value is -1.79. The number of rotatable bonds is 11. The number of halogens is 1. The molecular formula is C20H26ClNO4. The van der Waals surface area contributed by atoms with Crippen molar-refractivity contribution in [3.05, 3.63) is 58.1 Å².